The normalized spacial score (nSPS) is 12.3. The second-order valence-electron chi connectivity index (χ2n) is 5.82. The molecular weight excluding hydrogens is 236 g/mol. The van der Waals surface area contributed by atoms with Crippen LogP contribution in [0.5, 0.6) is 0 Å². The number of aliphatic carboxylic acids is 1. The first kappa shape index (κ1) is 18.2. The van der Waals surface area contributed by atoms with E-state index >= 15 is 0 Å². The highest BCUT2D eigenvalue weighted by atomic mass is 16.4. The minimum atomic E-state index is -0.847. The second-order valence-corrected chi connectivity index (χ2v) is 5.82. The van der Waals surface area contributed by atoms with Crippen LogP contribution in [0, 0.1) is 5.92 Å². The van der Waals surface area contributed by atoms with Gasteiger partial charge in [0.25, 0.3) is 0 Å². The molecule has 19 heavy (non-hydrogen) atoms. The lowest BCUT2D eigenvalue weighted by Crippen LogP contribution is -1.99. The molecule has 0 saturated carbocycles. The van der Waals surface area contributed by atoms with Crippen molar-refractivity contribution in [3.05, 3.63) is 12.2 Å². The highest BCUT2D eigenvalue weighted by Gasteiger charge is 2.05. The zero-order chi connectivity index (χ0) is 14.5. The van der Waals surface area contributed by atoms with E-state index in [1.807, 2.05) is 0 Å². The van der Waals surface area contributed by atoms with Gasteiger partial charge in [0, 0.05) is 5.57 Å². The Kier molecular flexibility index (Phi) is 11.7. The van der Waals surface area contributed by atoms with Crippen molar-refractivity contribution in [3.63, 3.8) is 0 Å². The van der Waals surface area contributed by atoms with Crippen molar-refractivity contribution in [2.24, 2.45) is 5.92 Å². The van der Waals surface area contributed by atoms with Crippen molar-refractivity contribution in [2.45, 2.75) is 84.5 Å². The van der Waals surface area contributed by atoms with Crippen molar-refractivity contribution < 1.29 is 9.90 Å². The summed E-state index contributed by atoms with van der Waals surface area (Å²) in [4.78, 5) is 10.6. The van der Waals surface area contributed by atoms with Crippen molar-refractivity contribution in [3.8, 4) is 0 Å². The van der Waals surface area contributed by atoms with Gasteiger partial charge in [0.1, 0.15) is 0 Å². The van der Waals surface area contributed by atoms with Crippen LogP contribution in [0.2, 0.25) is 0 Å². The van der Waals surface area contributed by atoms with E-state index in [9.17, 15) is 4.79 Å². The molecule has 1 unspecified atom stereocenters. The molecule has 0 aliphatic rings. The summed E-state index contributed by atoms with van der Waals surface area (Å²) in [6.07, 6.45) is 13.5. The topological polar surface area (TPSA) is 37.3 Å². The van der Waals surface area contributed by atoms with Crippen LogP contribution in [0.3, 0.4) is 0 Å². The molecule has 2 nitrogen and oxygen atoms in total. The number of hydrogen-bond acceptors (Lipinski definition) is 1. The summed E-state index contributed by atoms with van der Waals surface area (Å²) in [7, 11) is 0. The maximum absolute atomic E-state index is 10.6. The molecule has 1 atom stereocenters. The van der Waals surface area contributed by atoms with Crippen molar-refractivity contribution in [1.29, 1.82) is 0 Å². The number of hydrogen-bond donors (Lipinski definition) is 1. The standard InChI is InChI=1S/C17H32O2/c1-4-5-6-7-8-9-12-15(2)13-10-11-14-16(3)17(18)19/h15H,3-14H2,1-2H3,(H,18,19). The van der Waals surface area contributed by atoms with E-state index in [-0.39, 0.29) is 0 Å². The Bertz CT molecular complexity index is 246. The maximum atomic E-state index is 10.6. The molecule has 0 aliphatic carbocycles. The van der Waals surface area contributed by atoms with Gasteiger partial charge in [0.2, 0.25) is 0 Å². The molecule has 2 heteroatoms. The van der Waals surface area contributed by atoms with Gasteiger partial charge in [-0.15, -0.1) is 0 Å². The van der Waals surface area contributed by atoms with E-state index in [4.69, 9.17) is 5.11 Å². The van der Waals surface area contributed by atoms with Crippen LogP contribution in [0.4, 0.5) is 0 Å². The van der Waals surface area contributed by atoms with Gasteiger partial charge in [-0.05, 0) is 18.8 Å². The van der Waals surface area contributed by atoms with Gasteiger partial charge in [0.05, 0.1) is 0 Å². The molecule has 0 rings (SSSR count). The van der Waals surface area contributed by atoms with E-state index in [1.165, 1.54) is 51.4 Å². The molecular formula is C17H32O2. The van der Waals surface area contributed by atoms with Gasteiger partial charge >= 0.3 is 5.97 Å². The van der Waals surface area contributed by atoms with Gasteiger partial charge in [-0.25, -0.2) is 4.79 Å². The number of unbranched alkanes of at least 4 members (excludes halogenated alkanes) is 6. The first-order valence-corrected chi connectivity index (χ1v) is 7.99. The Morgan fingerprint density at radius 1 is 1.00 bits per heavy atom. The minimum Gasteiger partial charge on any atom is -0.478 e. The lowest BCUT2D eigenvalue weighted by molar-refractivity contribution is -0.132. The molecule has 0 saturated heterocycles. The quantitative estimate of drug-likeness (QED) is 0.350. The third-order valence-corrected chi connectivity index (χ3v) is 3.78. The summed E-state index contributed by atoms with van der Waals surface area (Å²) < 4.78 is 0. The van der Waals surface area contributed by atoms with Gasteiger partial charge < -0.3 is 5.11 Å². The Morgan fingerprint density at radius 3 is 2.11 bits per heavy atom. The molecule has 0 spiro atoms. The maximum Gasteiger partial charge on any atom is 0.330 e. The number of carboxylic acid groups (broad SMARTS) is 1. The first-order valence-electron chi connectivity index (χ1n) is 7.99. The fourth-order valence-electron chi connectivity index (χ4n) is 2.36. The summed E-state index contributed by atoms with van der Waals surface area (Å²) >= 11 is 0. The second kappa shape index (κ2) is 12.3. The SMILES string of the molecule is C=C(CCCCC(C)CCCCCCCC)C(=O)O. The lowest BCUT2D eigenvalue weighted by Gasteiger charge is -2.11. The van der Waals surface area contributed by atoms with Gasteiger partial charge in [-0.1, -0.05) is 78.2 Å². The Morgan fingerprint density at radius 2 is 1.53 bits per heavy atom. The zero-order valence-corrected chi connectivity index (χ0v) is 12.9. The molecule has 0 radical (unpaired) electrons. The third kappa shape index (κ3) is 12.0. The Hall–Kier alpha value is -0.790. The zero-order valence-electron chi connectivity index (χ0n) is 12.9. The smallest absolute Gasteiger partial charge is 0.330 e. The van der Waals surface area contributed by atoms with Gasteiger partial charge in [-0.2, -0.15) is 0 Å². The predicted octanol–water partition coefficient (Wildman–Crippen LogP) is 5.57. The van der Waals surface area contributed by atoms with E-state index in [2.05, 4.69) is 20.4 Å². The highest BCUT2D eigenvalue weighted by molar-refractivity contribution is 5.85. The van der Waals surface area contributed by atoms with Crippen LogP contribution in [-0.4, -0.2) is 11.1 Å². The van der Waals surface area contributed by atoms with Crippen molar-refractivity contribution >= 4 is 5.97 Å². The lowest BCUT2D eigenvalue weighted by atomic mass is 9.96. The molecule has 0 aliphatic heterocycles. The van der Waals surface area contributed by atoms with Crippen LogP contribution < -0.4 is 0 Å². The predicted molar refractivity (Wildman–Crippen MR) is 82.4 cm³/mol. The molecule has 0 aromatic rings. The molecule has 1 N–H and O–H groups in total. The number of rotatable bonds is 13. The van der Waals surface area contributed by atoms with Crippen LogP contribution in [0.1, 0.15) is 84.5 Å². The molecule has 0 aromatic heterocycles. The van der Waals surface area contributed by atoms with Crippen LogP contribution in [0.25, 0.3) is 0 Å². The van der Waals surface area contributed by atoms with Crippen molar-refractivity contribution in [1.82, 2.24) is 0 Å². The van der Waals surface area contributed by atoms with E-state index < -0.39 is 5.97 Å². The average Bonchev–Trinajstić information content (AvgIpc) is 2.38. The fourth-order valence-corrected chi connectivity index (χ4v) is 2.36. The Balaban J connectivity index is 3.32. The summed E-state index contributed by atoms with van der Waals surface area (Å²) in [6, 6.07) is 0. The molecule has 112 valence electrons. The van der Waals surface area contributed by atoms with Crippen LogP contribution >= 0.6 is 0 Å². The first-order chi connectivity index (χ1) is 9.07. The molecule has 0 aromatic carbocycles. The molecule has 0 bridgehead atoms. The fraction of sp³-hybridized carbons (Fsp3) is 0.824. The number of carboxylic acids is 1. The Labute approximate surface area is 119 Å². The van der Waals surface area contributed by atoms with Crippen molar-refractivity contribution in [2.75, 3.05) is 0 Å². The van der Waals surface area contributed by atoms with Gasteiger partial charge in [0.15, 0.2) is 0 Å². The minimum absolute atomic E-state index is 0.351. The van der Waals surface area contributed by atoms with E-state index in [1.54, 1.807) is 0 Å². The van der Waals surface area contributed by atoms with Gasteiger partial charge in [-0.3, -0.25) is 0 Å². The van der Waals surface area contributed by atoms with E-state index in [0.29, 0.717) is 12.0 Å². The largest absolute Gasteiger partial charge is 0.478 e. The van der Waals surface area contributed by atoms with E-state index in [0.717, 1.165) is 18.8 Å². The summed E-state index contributed by atoms with van der Waals surface area (Å²) in [5.74, 6) is -0.0654. The summed E-state index contributed by atoms with van der Waals surface area (Å²) in [6.45, 7) is 8.13. The monoisotopic (exact) mass is 268 g/mol. The highest BCUT2D eigenvalue weighted by Crippen LogP contribution is 2.18. The average molecular weight is 268 g/mol. The van der Waals surface area contributed by atoms with Crippen LogP contribution in [-0.2, 0) is 4.79 Å². The third-order valence-electron chi connectivity index (χ3n) is 3.78. The molecule has 0 heterocycles. The molecule has 0 amide bonds. The summed E-state index contributed by atoms with van der Waals surface area (Å²) in [5, 5.41) is 8.70. The molecule has 0 fully saturated rings. The number of carbonyl (C=O) groups is 1. The van der Waals surface area contributed by atoms with Crippen LogP contribution in [0.15, 0.2) is 12.2 Å². The summed E-state index contributed by atoms with van der Waals surface area (Å²) in [5.41, 5.74) is 0.351.